The van der Waals surface area contributed by atoms with Gasteiger partial charge in [-0.25, -0.2) is 9.18 Å². The van der Waals surface area contributed by atoms with Crippen LogP contribution in [0.5, 0.6) is 0 Å². The summed E-state index contributed by atoms with van der Waals surface area (Å²) in [6.07, 6.45) is 4.37. The molecule has 1 aliphatic heterocycles. The zero-order valence-corrected chi connectivity index (χ0v) is 15.6. The number of hydrogen-bond donors (Lipinski definition) is 1. The fourth-order valence-electron chi connectivity index (χ4n) is 3.87. The van der Waals surface area contributed by atoms with E-state index in [0.717, 1.165) is 31.4 Å². The summed E-state index contributed by atoms with van der Waals surface area (Å²) in [7, 11) is 0. The fraction of sp³-hybridized carbons (Fsp3) is 0.632. The Balaban J connectivity index is 1.73. The molecule has 3 rings (SSSR count). The van der Waals surface area contributed by atoms with Gasteiger partial charge in [0.25, 0.3) is 5.69 Å². The lowest BCUT2D eigenvalue weighted by atomic mass is 9.93. The van der Waals surface area contributed by atoms with Gasteiger partial charge in [0.2, 0.25) is 5.67 Å². The lowest BCUT2D eigenvalue weighted by Gasteiger charge is -2.36. The van der Waals surface area contributed by atoms with Crippen molar-refractivity contribution in [2.45, 2.75) is 57.2 Å². The van der Waals surface area contributed by atoms with Crippen molar-refractivity contribution in [2.75, 3.05) is 29.9 Å². The zero-order valence-electron chi connectivity index (χ0n) is 15.6. The maximum atomic E-state index is 14.8. The average molecular weight is 379 g/mol. The lowest BCUT2D eigenvalue weighted by molar-refractivity contribution is -0.384. The highest BCUT2D eigenvalue weighted by atomic mass is 19.1. The lowest BCUT2D eigenvalue weighted by Crippen LogP contribution is -2.47. The summed E-state index contributed by atoms with van der Waals surface area (Å²) < 4.78 is 19.6. The van der Waals surface area contributed by atoms with Crippen LogP contribution in [0.1, 0.15) is 45.4 Å². The number of carbonyl (C=O) groups excluding carboxylic acids is 1. The molecule has 8 heteroatoms. The molecule has 0 radical (unpaired) electrons. The Morgan fingerprint density at radius 3 is 2.63 bits per heavy atom. The summed E-state index contributed by atoms with van der Waals surface area (Å²) in [6.45, 7) is 2.53. The van der Waals surface area contributed by atoms with Crippen molar-refractivity contribution in [3.05, 3.63) is 28.3 Å². The van der Waals surface area contributed by atoms with Gasteiger partial charge in [-0.15, -0.1) is 0 Å². The second-order valence-corrected chi connectivity index (χ2v) is 7.26. The number of anilines is 2. The quantitative estimate of drug-likeness (QED) is 0.459. The van der Waals surface area contributed by atoms with Crippen LogP contribution in [0.2, 0.25) is 0 Å². The third-order valence-electron chi connectivity index (χ3n) is 5.45. The molecule has 0 unspecified atom stereocenters. The predicted octanol–water partition coefficient (Wildman–Crippen LogP) is 3.82. The molecule has 1 N–H and O–H groups in total. The molecular formula is C19H26FN3O4. The van der Waals surface area contributed by atoms with Crippen molar-refractivity contribution in [3.63, 3.8) is 0 Å². The molecule has 0 amide bonds. The fourth-order valence-corrected chi connectivity index (χ4v) is 3.87. The van der Waals surface area contributed by atoms with E-state index in [9.17, 15) is 19.3 Å². The molecule has 148 valence electrons. The van der Waals surface area contributed by atoms with E-state index in [0.29, 0.717) is 18.8 Å². The number of halogens is 1. The summed E-state index contributed by atoms with van der Waals surface area (Å²) in [5.41, 5.74) is -0.592. The van der Waals surface area contributed by atoms with E-state index in [1.54, 1.807) is 19.1 Å². The highest BCUT2D eigenvalue weighted by Crippen LogP contribution is 2.35. The number of hydrogen-bond acceptors (Lipinski definition) is 6. The number of esters is 1. The van der Waals surface area contributed by atoms with Crippen LogP contribution in [-0.2, 0) is 9.53 Å². The number of alkyl halides is 1. The van der Waals surface area contributed by atoms with Crippen molar-refractivity contribution < 1.29 is 18.8 Å². The minimum absolute atomic E-state index is 0.0498. The number of nitrogens with one attached hydrogen (secondary N) is 1. The Bertz CT molecular complexity index is 698. The van der Waals surface area contributed by atoms with Crippen LogP contribution in [0.4, 0.5) is 21.5 Å². The van der Waals surface area contributed by atoms with Gasteiger partial charge in [-0.1, -0.05) is 12.8 Å². The van der Waals surface area contributed by atoms with Crippen molar-refractivity contribution in [1.29, 1.82) is 0 Å². The highest BCUT2D eigenvalue weighted by Gasteiger charge is 2.43. The van der Waals surface area contributed by atoms with Crippen LogP contribution in [0.15, 0.2) is 18.2 Å². The molecule has 7 nitrogen and oxygen atoms in total. The smallest absolute Gasteiger partial charge is 0.344 e. The molecular weight excluding hydrogens is 353 g/mol. The van der Waals surface area contributed by atoms with Gasteiger partial charge in [-0.2, -0.15) is 0 Å². The monoisotopic (exact) mass is 379 g/mol. The van der Waals surface area contributed by atoms with Crippen LogP contribution in [0.25, 0.3) is 0 Å². The molecule has 0 aromatic heterocycles. The molecule has 0 bridgehead atoms. The van der Waals surface area contributed by atoms with Gasteiger partial charge >= 0.3 is 5.97 Å². The van der Waals surface area contributed by atoms with Crippen molar-refractivity contribution in [2.24, 2.45) is 0 Å². The molecule has 27 heavy (non-hydrogen) atoms. The standard InChI is InChI=1S/C19H26FN3O4/c1-2-27-18(24)19(20)9-11-22(12-10-19)15-7-8-17(23(25)26)16(13-15)21-14-5-3-4-6-14/h7-8,13-14,21H,2-6,9-12H2,1H3. The molecule has 1 aromatic rings. The normalized spacial score (nSPS) is 19.7. The molecule has 0 spiro atoms. The number of nitrogens with zero attached hydrogens (tertiary/aromatic N) is 2. The van der Waals surface area contributed by atoms with E-state index in [2.05, 4.69) is 5.32 Å². The van der Waals surface area contributed by atoms with E-state index >= 15 is 0 Å². The first kappa shape index (κ1) is 19.4. The topological polar surface area (TPSA) is 84.7 Å². The minimum Gasteiger partial charge on any atom is -0.464 e. The number of nitro benzene ring substituents is 1. The average Bonchev–Trinajstić information content (AvgIpc) is 3.15. The first-order chi connectivity index (χ1) is 12.9. The summed E-state index contributed by atoms with van der Waals surface area (Å²) in [5.74, 6) is -0.795. The number of piperidine rings is 1. The number of rotatable bonds is 6. The first-order valence-corrected chi connectivity index (χ1v) is 9.59. The number of carbonyl (C=O) groups is 1. The number of benzene rings is 1. The van der Waals surface area contributed by atoms with Crippen LogP contribution >= 0.6 is 0 Å². The van der Waals surface area contributed by atoms with E-state index in [1.807, 2.05) is 4.90 Å². The maximum Gasteiger partial charge on any atom is 0.344 e. The Hall–Kier alpha value is -2.38. The van der Waals surface area contributed by atoms with Crippen LogP contribution < -0.4 is 10.2 Å². The summed E-state index contributed by atoms with van der Waals surface area (Å²) in [5, 5.41) is 14.7. The van der Waals surface area contributed by atoms with E-state index < -0.39 is 11.6 Å². The molecule has 2 fully saturated rings. The van der Waals surface area contributed by atoms with E-state index in [-0.39, 0.29) is 36.1 Å². The largest absolute Gasteiger partial charge is 0.464 e. The molecule has 1 aliphatic carbocycles. The Morgan fingerprint density at radius 1 is 1.37 bits per heavy atom. The molecule has 1 heterocycles. The SMILES string of the molecule is CCOC(=O)C1(F)CCN(c2ccc([N+](=O)[O-])c(NC3CCCC3)c2)CC1. The molecule has 1 saturated carbocycles. The Labute approximate surface area is 158 Å². The molecule has 1 saturated heterocycles. The van der Waals surface area contributed by atoms with Gasteiger partial charge in [-0.05, 0) is 31.9 Å². The van der Waals surface area contributed by atoms with Crippen LogP contribution in [0.3, 0.4) is 0 Å². The molecule has 0 atom stereocenters. The predicted molar refractivity (Wildman–Crippen MR) is 101 cm³/mol. The third-order valence-corrected chi connectivity index (χ3v) is 5.45. The van der Waals surface area contributed by atoms with Gasteiger partial charge in [0, 0.05) is 43.7 Å². The number of nitro groups is 1. The Kier molecular flexibility index (Phi) is 5.82. The van der Waals surface area contributed by atoms with Gasteiger partial charge in [0.15, 0.2) is 0 Å². The highest BCUT2D eigenvalue weighted by molar-refractivity contribution is 5.80. The summed E-state index contributed by atoms with van der Waals surface area (Å²) in [4.78, 5) is 24.8. The third kappa shape index (κ3) is 4.31. The molecule has 1 aromatic carbocycles. The van der Waals surface area contributed by atoms with Crippen LogP contribution in [0, 0.1) is 10.1 Å². The maximum absolute atomic E-state index is 14.8. The zero-order chi connectivity index (χ0) is 19.4. The van der Waals surface area contributed by atoms with Crippen molar-refractivity contribution in [3.8, 4) is 0 Å². The van der Waals surface area contributed by atoms with Gasteiger partial charge in [-0.3, -0.25) is 10.1 Å². The van der Waals surface area contributed by atoms with E-state index in [4.69, 9.17) is 4.74 Å². The minimum atomic E-state index is -1.95. The van der Waals surface area contributed by atoms with E-state index in [1.165, 1.54) is 6.07 Å². The summed E-state index contributed by atoms with van der Waals surface area (Å²) >= 11 is 0. The van der Waals surface area contributed by atoms with Crippen LogP contribution in [-0.4, -0.2) is 42.3 Å². The first-order valence-electron chi connectivity index (χ1n) is 9.59. The van der Waals surface area contributed by atoms with Crippen molar-refractivity contribution >= 4 is 23.0 Å². The second-order valence-electron chi connectivity index (χ2n) is 7.26. The van der Waals surface area contributed by atoms with Gasteiger partial charge < -0.3 is 15.0 Å². The van der Waals surface area contributed by atoms with Gasteiger partial charge in [0.1, 0.15) is 5.69 Å². The van der Waals surface area contributed by atoms with Crippen molar-refractivity contribution in [1.82, 2.24) is 0 Å². The second kappa shape index (κ2) is 8.10. The molecule has 2 aliphatic rings. The Morgan fingerprint density at radius 2 is 2.04 bits per heavy atom. The number of ether oxygens (including phenoxy) is 1. The van der Waals surface area contributed by atoms with Gasteiger partial charge in [0.05, 0.1) is 11.5 Å². The summed E-state index contributed by atoms with van der Waals surface area (Å²) in [6, 6.07) is 5.21.